The van der Waals surface area contributed by atoms with Gasteiger partial charge in [0.25, 0.3) is 5.91 Å². The van der Waals surface area contributed by atoms with E-state index in [0.29, 0.717) is 6.54 Å². The van der Waals surface area contributed by atoms with Gasteiger partial charge in [-0.15, -0.1) is 11.8 Å². The Hall–Kier alpha value is -1.59. The van der Waals surface area contributed by atoms with Crippen molar-refractivity contribution in [2.24, 2.45) is 0 Å². The summed E-state index contributed by atoms with van der Waals surface area (Å²) in [6, 6.07) is 16.5. The van der Waals surface area contributed by atoms with Gasteiger partial charge in [-0.25, -0.2) is 0 Å². The van der Waals surface area contributed by atoms with Crippen LogP contribution in [-0.2, 0) is 9.22 Å². The first-order valence-electron chi connectivity index (χ1n) is 11.5. The van der Waals surface area contributed by atoms with E-state index < -0.39 is 22.7 Å². The minimum absolute atomic E-state index is 0.0455. The summed E-state index contributed by atoms with van der Waals surface area (Å²) < 4.78 is 12.8. The zero-order chi connectivity index (χ0) is 24.4. The predicted octanol–water partition coefficient (Wildman–Crippen LogP) is 5.86. The van der Waals surface area contributed by atoms with Gasteiger partial charge in [-0.2, -0.15) is 0 Å². The van der Waals surface area contributed by atoms with E-state index in [1.807, 2.05) is 43.3 Å². The third-order valence-corrected chi connectivity index (χ3v) is 8.26. The first-order chi connectivity index (χ1) is 15.3. The number of rotatable bonds is 8. The second-order valence-corrected chi connectivity index (χ2v) is 20.8. The maximum atomic E-state index is 14.0. The van der Waals surface area contributed by atoms with Gasteiger partial charge in [0.2, 0.25) is 8.32 Å². The lowest BCUT2D eigenvalue weighted by Crippen LogP contribution is -2.48. The van der Waals surface area contributed by atoms with Gasteiger partial charge in [0, 0.05) is 18.0 Å². The van der Waals surface area contributed by atoms with Crippen LogP contribution < -0.4 is 9.33 Å². The van der Waals surface area contributed by atoms with Crippen LogP contribution in [0.1, 0.15) is 10.8 Å². The van der Waals surface area contributed by atoms with E-state index in [4.69, 9.17) is 8.85 Å². The van der Waals surface area contributed by atoms with Crippen LogP contribution in [0.4, 0.5) is 5.69 Å². The Morgan fingerprint density at radius 1 is 0.939 bits per heavy atom. The summed E-state index contributed by atoms with van der Waals surface area (Å²) in [5.74, 6) is 0.933. The van der Waals surface area contributed by atoms with Gasteiger partial charge in [0.1, 0.15) is 11.9 Å². The largest absolute Gasteiger partial charge is 0.544 e. The van der Waals surface area contributed by atoms with Crippen LogP contribution in [0.25, 0.3) is 0 Å². The van der Waals surface area contributed by atoms with Gasteiger partial charge in [-0.05, 0) is 83.2 Å². The fourth-order valence-corrected chi connectivity index (χ4v) is 6.98. The van der Waals surface area contributed by atoms with E-state index in [1.54, 1.807) is 11.8 Å². The second kappa shape index (κ2) is 10.4. The number of carbonyl (C=O) groups excluding carboxylic acids is 1. The molecule has 1 amide bonds. The van der Waals surface area contributed by atoms with E-state index >= 15 is 0 Å². The molecule has 0 radical (unpaired) electrons. The third-order valence-electron chi connectivity index (χ3n) is 5.08. The minimum Gasteiger partial charge on any atom is -0.544 e. The van der Waals surface area contributed by atoms with Crippen LogP contribution in [0.5, 0.6) is 5.75 Å². The van der Waals surface area contributed by atoms with Crippen LogP contribution in [0, 0.1) is 0 Å². The lowest BCUT2D eigenvalue weighted by atomic mass is 10.1. The molecule has 2 aromatic carbocycles. The molecule has 0 bridgehead atoms. The van der Waals surface area contributed by atoms with Crippen molar-refractivity contribution in [3.05, 3.63) is 54.1 Å². The number of benzene rings is 2. The van der Waals surface area contributed by atoms with Gasteiger partial charge in [-0.1, -0.05) is 24.3 Å². The SMILES string of the molecule is CN(C)CCN1C(=O)C(O[Si](C)(C)C)C(c2ccc(O[Si](C)(C)C)cc2)Sc2ccccc21. The highest BCUT2D eigenvalue weighted by Gasteiger charge is 2.41. The molecule has 33 heavy (non-hydrogen) atoms. The van der Waals surface area contributed by atoms with Gasteiger partial charge in [-0.3, -0.25) is 4.79 Å². The summed E-state index contributed by atoms with van der Waals surface area (Å²) in [5.41, 5.74) is 2.06. The van der Waals surface area contributed by atoms with E-state index in [-0.39, 0.29) is 11.2 Å². The molecule has 0 aromatic heterocycles. The number of fused-ring (bicyclic) bond motifs is 1. The molecule has 0 saturated carbocycles. The van der Waals surface area contributed by atoms with Gasteiger partial charge in [0.15, 0.2) is 8.32 Å². The van der Waals surface area contributed by atoms with Crippen LogP contribution in [0.3, 0.4) is 0 Å². The Labute approximate surface area is 205 Å². The zero-order valence-corrected chi connectivity index (χ0v) is 24.0. The Bertz CT molecular complexity index is 955. The quantitative estimate of drug-likeness (QED) is 0.423. The monoisotopic (exact) mass is 502 g/mol. The molecule has 0 aliphatic carbocycles. The summed E-state index contributed by atoms with van der Waals surface area (Å²) in [4.78, 5) is 19.2. The van der Waals surface area contributed by atoms with Crippen LogP contribution in [0.15, 0.2) is 53.4 Å². The van der Waals surface area contributed by atoms with Crippen molar-refractivity contribution >= 4 is 40.0 Å². The number of nitrogens with zero attached hydrogens (tertiary/aromatic N) is 2. The number of thioether (sulfide) groups is 1. The number of para-hydroxylation sites is 1. The van der Waals surface area contributed by atoms with Gasteiger partial charge >= 0.3 is 0 Å². The first-order valence-corrected chi connectivity index (χ1v) is 19.2. The number of hydrogen-bond donors (Lipinski definition) is 0. The molecule has 2 aromatic rings. The normalized spacial score (nSPS) is 19.4. The number of amides is 1. The second-order valence-electron chi connectivity index (χ2n) is 10.7. The summed E-state index contributed by atoms with van der Waals surface area (Å²) in [6.07, 6.45) is -0.542. The number of carbonyl (C=O) groups is 1. The van der Waals surface area contributed by atoms with Gasteiger partial charge in [0.05, 0.1) is 10.9 Å². The van der Waals surface area contributed by atoms with E-state index in [9.17, 15) is 4.79 Å². The van der Waals surface area contributed by atoms with E-state index in [2.05, 4.69) is 68.4 Å². The maximum Gasteiger partial charge on any atom is 0.256 e. The smallest absolute Gasteiger partial charge is 0.256 e. The Kier molecular flexibility index (Phi) is 8.17. The van der Waals surface area contributed by atoms with Crippen molar-refractivity contribution in [2.45, 2.75) is 55.5 Å². The zero-order valence-electron chi connectivity index (χ0n) is 21.2. The number of likely N-dealkylation sites (N-methyl/N-ethyl adjacent to an activating group) is 1. The number of anilines is 1. The standard InChI is InChI=1S/C25H38N2O3SSi2/c1-26(2)17-18-27-21-11-9-10-12-22(21)31-24(23(25(27)28)30-33(6,7)8)19-13-15-20(16-14-19)29-32(3,4)5/h9-16,23-24H,17-18H2,1-8H3. The van der Waals surface area contributed by atoms with E-state index in [1.165, 1.54) is 0 Å². The highest BCUT2D eigenvalue weighted by atomic mass is 32.2. The average Bonchev–Trinajstić information content (AvgIpc) is 2.80. The molecule has 1 aliphatic heterocycles. The van der Waals surface area contributed by atoms with Crippen molar-refractivity contribution in [1.82, 2.24) is 4.90 Å². The molecule has 2 unspecified atom stereocenters. The number of hydrogen-bond acceptors (Lipinski definition) is 5. The van der Waals surface area contributed by atoms with Crippen LogP contribution >= 0.6 is 11.8 Å². The average molecular weight is 503 g/mol. The van der Waals surface area contributed by atoms with Crippen molar-refractivity contribution in [3.63, 3.8) is 0 Å². The highest BCUT2D eigenvalue weighted by molar-refractivity contribution is 7.99. The fourth-order valence-electron chi connectivity index (χ4n) is 3.73. The summed E-state index contributed by atoms with van der Waals surface area (Å²) in [6.45, 7) is 14.4. The fraction of sp³-hybridized carbons (Fsp3) is 0.480. The van der Waals surface area contributed by atoms with Crippen molar-refractivity contribution in [1.29, 1.82) is 0 Å². The van der Waals surface area contributed by atoms with E-state index in [0.717, 1.165) is 28.4 Å². The Balaban J connectivity index is 2.03. The molecular weight excluding hydrogens is 465 g/mol. The molecule has 2 atom stereocenters. The molecule has 1 heterocycles. The predicted molar refractivity (Wildman–Crippen MR) is 145 cm³/mol. The van der Waals surface area contributed by atoms with Crippen molar-refractivity contribution < 1.29 is 13.6 Å². The molecule has 3 rings (SSSR count). The lowest BCUT2D eigenvalue weighted by Gasteiger charge is -2.33. The molecule has 0 spiro atoms. The molecule has 180 valence electrons. The summed E-state index contributed by atoms with van der Waals surface area (Å²) in [5, 5.41) is -0.129. The molecular formula is C25H38N2O3SSi2. The third kappa shape index (κ3) is 7.20. The Morgan fingerprint density at radius 3 is 2.15 bits per heavy atom. The molecule has 0 N–H and O–H groups in total. The Morgan fingerprint density at radius 2 is 1.58 bits per heavy atom. The lowest BCUT2D eigenvalue weighted by molar-refractivity contribution is -0.125. The molecule has 0 saturated heterocycles. The minimum atomic E-state index is -1.99. The van der Waals surface area contributed by atoms with Crippen LogP contribution in [-0.4, -0.2) is 60.7 Å². The molecule has 0 fully saturated rings. The van der Waals surface area contributed by atoms with Crippen molar-refractivity contribution in [3.8, 4) is 5.75 Å². The maximum absolute atomic E-state index is 14.0. The highest BCUT2D eigenvalue weighted by Crippen LogP contribution is 2.47. The topological polar surface area (TPSA) is 42.0 Å². The summed E-state index contributed by atoms with van der Waals surface area (Å²) >= 11 is 1.73. The summed E-state index contributed by atoms with van der Waals surface area (Å²) in [7, 11) is 0.390. The van der Waals surface area contributed by atoms with Gasteiger partial charge < -0.3 is 18.7 Å². The molecule has 1 aliphatic rings. The molecule has 8 heteroatoms. The van der Waals surface area contributed by atoms with Crippen molar-refractivity contribution in [2.75, 3.05) is 32.1 Å². The van der Waals surface area contributed by atoms with Crippen LogP contribution in [0.2, 0.25) is 39.3 Å². The first kappa shape index (κ1) is 26.0. The molecule has 5 nitrogen and oxygen atoms in total.